The van der Waals surface area contributed by atoms with Crippen LogP contribution in [0, 0.1) is 0 Å². The number of anilines is 1. The zero-order valence-corrected chi connectivity index (χ0v) is 14.4. The zero-order chi connectivity index (χ0) is 17.7. The first-order valence-corrected chi connectivity index (χ1v) is 8.20. The number of rotatable bonds is 7. The van der Waals surface area contributed by atoms with Crippen molar-refractivity contribution in [3.63, 3.8) is 0 Å². The summed E-state index contributed by atoms with van der Waals surface area (Å²) in [6.45, 7) is 6.89. The lowest BCUT2D eigenvalue weighted by Gasteiger charge is -2.24. The normalized spacial score (nSPS) is 17.2. The van der Waals surface area contributed by atoms with Crippen LogP contribution in [-0.4, -0.2) is 48.8 Å². The lowest BCUT2D eigenvalue weighted by molar-refractivity contribution is 0.0680. The predicted octanol–water partition coefficient (Wildman–Crippen LogP) is 2.22. The standard InChI is InChI=1S/C18H26N2O4/c1-4-5-6-24-17-9-15(19)14(8-16(17)23-3)18(22)20-10-12(2)7-13(20)11-21/h8-9,13,21H,2,4-7,10-11,19H2,1,3H3/t13-/m0/s1. The van der Waals surface area contributed by atoms with E-state index in [-0.39, 0.29) is 18.6 Å². The lowest BCUT2D eigenvalue weighted by atomic mass is 10.1. The number of nitrogen functional groups attached to an aromatic ring is 1. The summed E-state index contributed by atoms with van der Waals surface area (Å²) in [7, 11) is 1.53. The fourth-order valence-corrected chi connectivity index (χ4v) is 2.79. The van der Waals surface area contributed by atoms with Crippen LogP contribution in [-0.2, 0) is 0 Å². The Morgan fingerprint density at radius 3 is 2.83 bits per heavy atom. The van der Waals surface area contributed by atoms with E-state index < -0.39 is 0 Å². The second-order valence-corrected chi connectivity index (χ2v) is 6.02. The quantitative estimate of drug-likeness (QED) is 0.454. The molecule has 0 unspecified atom stereocenters. The summed E-state index contributed by atoms with van der Waals surface area (Å²) >= 11 is 0. The van der Waals surface area contributed by atoms with Crippen molar-refractivity contribution >= 4 is 11.6 Å². The highest BCUT2D eigenvalue weighted by Gasteiger charge is 2.32. The highest BCUT2D eigenvalue weighted by molar-refractivity contribution is 6.00. The fraction of sp³-hybridized carbons (Fsp3) is 0.500. The molecular formula is C18H26N2O4. The van der Waals surface area contributed by atoms with E-state index in [9.17, 15) is 9.90 Å². The van der Waals surface area contributed by atoms with E-state index in [1.165, 1.54) is 7.11 Å². The number of nitrogens with two attached hydrogens (primary N) is 1. The maximum absolute atomic E-state index is 12.8. The fourth-order valence-electron chi connectivity index (χ4n) is 2.79. The first kappa shape index (κ1) is 18.1. The molecule has 0 radical (unpaired) electrons. The Hall–Kier alpha value is -2.21. The molecule has 0 saturated carbocycles. The molecule has 1 aromatic carbocycles. The molecule has 0 bridgehead atoms. The highest BCUT2D eigenvalue weighted by Crippen LogP contribution is 2.34. The van der Waals surface area contributed by atoms with Gasteiger partial charge in [0.25, 0.3) is 5.91 Å². The van der Waals surface area contributed by atoms with Crippen molar-refractivity contribution < 1.29 is 19.4 Å². The van der Waals surface area contributed by atoms with E-state index in [2.05, 4.69) is 13.5 Å². The molecule has 3 N–H and O–H groups in total. The van der Waals surface area contributed by atoms with Crippen molar-refractivity contribution in [2.75, 3.05) is 32.6 Å². The van der Waals surface area contributed by atoms with Crippen molar-refractivity contribution in [3.05, 3.63) is 29.8 Å². The Balaban J connectivity index is 2.26. The van der Waals surface area contributed by atoms with E-state index >= 15 is 0 Å². The van der Waals surface area contributed by atoms with Crippen LogP contribution < -0.4 is 15.2 Å². The largest absolute Gasteiger partial charge is 0.493 e. The molecule has 132 valence electrons. The van der Waals surface area contributed by atoms with Gasteiger partial charge in [0.2, 0.25) is 0 Å². The minimum atomic E-state index is -0.254. The molecule has 1 fully saturated rings. The van der Waals surface area contributed by atoms with Gasteiger partial charge in [-0.05, 0) is 18.9 Å². The number of amides is 1. The van der Waals surface area contributed by atoms with Crippen molar-refractivity contribution in [2.24, 2.45) is 0 Å². The number of ether oxygens (including phenoxy) is 2. The molecule has 1 heterocycles. The van der Waals surface area contributed by atoms with Crippen molar-refractivity contribution in [1.29, 1.82) is 0 Å². The summed E-state index contributed by atoms with van der Waals surface area (Å²) in [5.74, 6) is 0.773. The Morgan fingerprint density at radius 2 is 2.21 bits per heavy atom. The van der Waals surface area contributed by atoms with E-state index in [1.807, 2.05) is 0 Å². The third-order valence-corrected chi connectivity index (χ3v) is 4.15. The first-order chi connectivity index (χ1) is 11.5. The average Bonchev–Trinajstić information content (AvgIpc) is 2.95. The van der Waals surface area contributed by atoms with E-state index in [1.54, 1.807) is 17.0 Å². The SMILES string of the molecule is C=C1C[C@@H](CO)N(C(=O)c2cc(OC)c(OCCCC)cc2N)C1. The third-order valence-electron chi connectivity index (χ3n) is 4.15. The van der Waals surface area contributed by atoms with Gasteiger partial charge < -0.3 is 25.2 Å². The number of benzene rings is 1. The van der Waals surface area contributed by atoms with Crippen LogP contribution in [0.4, 0.5) is 5.69 Å². The smallest absolute Gasteiger partial charge is 0.256 e. The van der Waals surface area contributed by atoms with Gasteiger partial charge >= 0.3 is 0 Å². The number of aliphatic hydroxyl groups excluding tert-OH is 1. The number of likely N-dealkylation sites (tertiary alicyclic amines) is 1. The van der Waals surface area contributed by atoms with Gasteiger partial charge in [-0.1, -0.05) is 25.5 Å². The van der Waals surface area contributed by atoms with Gasteiger partial charge in [-0.3, -0.25) is 4.79 Å². The van der Waals surface area contributed by atoms with Crippen LogP contribution in [0.2, 0.25) is 0 Å². The molecule has 1 amide bonds. The number of aliphatic hydroxyl groups is 1. The molecule has 24 heavy (non-hydrogen) atoms. The minimum absolute atomic E-state index is 0.0972. The molecular weight excluding hydrogens is 308 g/mol. The second-order valence-electron chi connectivity index (χ2n) is 6.02. The summed E-state index contributed by atoms with van der Waals surface area (Å²) in [5, 5.41) is 9.47. The van der Waals surface area contributed by atoms with Crippen LogP contribution in [0.1, 0.15) is 36.5 Å². The van der Waals surface area contributed by atoms with Gasteiger partial charge in [0, 0.05) is 18.3 Å². The minimum Gasteiger partial charge on any atom is -0.493 e. The number of hydrogen-bond acceptors (Lipinski definition) is 5. The summed E-state index contributed by atoms with van der Waals surface area (Å²) in [6, 6.07) is 2.98. The maximum Gasteiger partial charge on any atom is 0.256 e. The Labute approximate surface area is 142 Å². The Bertz CT molecular complexity index is 615. The predicted molar refractivity (Wildman–Crippen MR) is 93.5 cm³/mol. The van der Waals surface area contributed by atoms with Gasteiger partial charge in [-0.25, -0.2) is 0 Å². The molecule has 1 aliphatic heterocycles. The average molecular weight is 334 g/mol. The van der Waals surface area contributed by atoms with E-state index in [4.69, 9.17) is 15.2 Å². The lowest BCUT2D eigenvalue weighted by Crippen LogP contribution is -2.38. The van der Waals surface area contributed by atoms with Gasteiger partial charge in [0.05, 0.1) is 31.9 Å². The number of hydrogen-bond donors (Lipinski definition) is 2. The molecule has 6 nitrogen and oxygen atoms in total. The molecule has 2 rings (SSSR count). The van der Waals surface area contributed by atoms with Crippen molar-refractivity contribution in [3.8, 4) is 11.5 Å². The molecule has 1 saturated heterocycles. The number of methoxy groups -OCH3 is 1. The molecule has 0 aliphatic carbocycles. The topological polar surface area (TPSA) is 85.0 Å². The van der Waals surface area contributed by atoms with E-state index in [0.29, 0.717) is 42.3 Å². The number of carbonyl (C=O) groups excluding carboxylic acids is 1. The van der Waals surface area contributed by atoms with Crippen LogP contribution in [0.5, 0.6) is 11.5 Å². The maximum atomic E-state index is 12.8. The molecule has 1 atom stereocenters. The van der Waals surface area contributed by atoms with Crippen molar-refractivity contribution in [1.82, 2.24) is 4.90 Å². The van der Waals surface area contributed by atoms with Gasteiger partial charge in [0.15, 0.2) is 11.5 Å². The van der Waals surface area contributed by atoms with Crippen LogP contribution >= 0.6 is 0 Å². The molecule has 1 aliphatic rings. The summed E-state index contributed by atoms with van der Waals surface area (Å²) in [4.78, 5) is 14.4. The first-order valence-electron chi connectivity index (χ1n) is 8.20. The van der Waals surface area contributed by atoms with Gasteiger partial charge in [-0.2, -0.15) is 0 Å². The summed E-state index contributed by atoms with van der Waals surface area (Å²) < 4.78 is 11.0. The highest BCUT2D eigenvalue weighted by atomic mass is 16.5. The van der Waals surface area contributed by atoms with Crippen molar-refractivity contribution in [2.45, 2.75) is 32.2 Å². The molecule has 0 spiro atoms. The summed E-state index contributed by atoms with van der Waals surface area (Å²) in [5.41, 5.74) is 7.68. The van der Waals surface area contributed by atoms with Crippen LogP contribution in [0.15, 0.2) is 24.3 Å². The number of unbranched alkanes of at least 4 members (excludes halogenated alkanes) is 1. The van der Waals surface area contributed by atoms with Crippen LogP contribution in [0.3, 0.4) is 0 Å². The molecule has 0 aromatic heterocycles. The number of nitrogens with zero attached hydrogens (tertiary/aromatic N) is 1. The van der Waals surface area contributed by atoms with Gasteiger partial charge in [-0.15, -0.1) is 0 Å². The Kier molecular flexibility index (Phi) is 6.09. The summed E-state index contributed by atoms with van der Waals surface area (Å²) in [6.07, 6.45) is 2.56. The molecule has 1 aromatic rings. The monoisotopic (exact) mass is 334 g/mol. The van der Waals surface area contributed by atoms with E-state index in [0.717, 1.165) is 18.4 Å². The van der Waals surface area contributed by atoms with Gasteiger partial charge in [0.1, 0.15) is 0 Å². The zero-order valence-electron chi connectivity index (χ0n) is 14.4. The molecule has 6 heteroatoms. The van der Waals surface area contributed by atoms with Crippen LogP contribution in [0.25, 0.3) is 0 Å². The number of carbonyl (C=O) groups is 1. The second kappa shape index (κ2) is 8.06. The Morgan fingerprint density at radius 1 is 1.46 bits per heavy atom. The third kappa shape index (κ3) is 3.82.